The molecule has 2 nitrogen and oxygen atoms in total. The summed E-state index contributed by atoms with van der Waals surface area (Å²) in [6.45, 7) is 5.38. The highest BCUT2D eigenvalue weighted by Crippen LogP contribution is 2.25. The van der Waals surface area contributed by atoms with E-state index in [1.54, 1.807) is 0 Å². The lowest BCUT2D eigenvalue weighted by Gasteiger charge is -2.19. The Bertz CT molecular complexity index is 101. The van der Waals surface area contributed by atoms with Crippen molar-refractivity contribution in [2.45, 2.75) is 26.4 Å². The van der Waals surface area contributed by atoms with Gasteiger partial charge in [-0.25, -0.2) is 0 Å². The first kappa shape index (κ1) is 8.02. The van der Waals surface area contributed by atoms with Crippen molar-refractivity contribution in [2.75, 3.05) is 13.2 Å². The molecular formula is C8H16O2. The van der Waals surface area contributed by atoms with Gasteiger partial charge in [0, 0.05) is 19.1 Å². The molecule has 1 N–H and O–H groups in total. The summed E-state index contributed by atoms with van der Waals surface area (Å²) < 4.78 is 5.46. The molecule has 0 saturated carbocycles. The van der Waals surface area contributed by atoms with E-state index < -0.39 is 0 Å². The lowest BCUT2D eigenvalue weighted by atomic mass is 9.94. The molecule has 1 aliphatic rings. The first-order valence-electron chi connectivity index (χ1n) is 3.98. The second-order valence-electron chi connectivity index (χ2n) is 3.31. The van der Waals surface area contributed by atoms with Crippen molar-refractivity contribution in [3.05, 3.63) is 0 Å². The molecule has 0 unspecified atom stereocenters. The smallest absolute Gasteiger partial charge is 0.0648 e. The quantitative estimate of drug-likeness (QED) is 0.627. The molecule has 2 atom stereocenters. The van der Waals surface area contributed by atoms with Gasteiger partial charge >= 0.3 is 0 Å². The normalized spacial score (nSPS) is 33.6. The second-order valence-corrected chi connectivity index (χ2v) is 3.31. The van der Waals surface area contributed by atoms with Crippen molar-refractivity contribution in [3.63, 3.8) is 0 Å². The zero-order valence-electron chi connectivity index (χ0n) is 6.71. The Morgan fingerprint density at radius 3 is 2.70 bits per heavy atom. The second kappa shape index (κ2) is 3.35. The van der Waals surface area contributed by atoms with Gasteiger partial charge in [0.2, 0.25) is 0 Å². The number of rotatable bonds is 2. The van der Waals surface area contributed by atoms with Gasteiger partial charge in [0.1, 0.15) is 0 Å². The Kier molecular flexibility index (Phi) is 2.69. The van der Waals surface area contributed by atoms with Crippen LogP contribution < -0.4 is 0 Å². The molecule has 0 radical (unpaired) electrons. The third kappa shape index (κ3) is 1.50. The van der Waals surface area contributed by atoms with Gasteiger partial charge in [-0.2, -0.15) is 0 Å². The van der Waals surface area contributed by atoms with E-state index in [0.717, 1.165) is 13.0 Å². The predicted molar refractivity (Wildman–Crippen MR) is 39.8 cm³/mol. The Morgan fingerprint density at radius 1 is 1.60 bits per heavy atom. The van der Waals surface area contributed by atoms with E-state index in [4.69, 9.17) is 9.84 Å². The number of ether oxygens (including phenoxy) is 1. The average Bonchev–Trinajstić information content (AvgIpc) is 2.33. The molecule has 0 bridgehead atoms. The van der Waals surface area contributed by atoms with Crippen LogP contribution in [0.25, 0.3) is 0 Å². The zero-order chi connectivity index (χ0) is 7.56. The Morgan fingerprint density at radius 2 is 2.30 bits per heavy atom. The maximum absolute atomic E-state index is 8.91. The minimum Gasteiger partial charge on any atom is -0.396 e. The van der Waals surface area contributed by atoms with Gasteiger partial charge in [0.15, 0.2) is 0 Å². The van der Waals surface area contributed by atoms with Crippen molar-refractivity contribution in [2.24, 2.45) is 11.8 Å². The highest BCUT2D eigenvalue weighted by molar-refractivity contribution is 4.77. The minimum absolute atomic E-state index is 0.281. The summed E-state index contributed by atoms with van der Waals surface area (Å²) in [5.41, 5.74) is 0. The van der Waals surface area contributed by atoms with Crippen LogP contribution in [0.1, 0.15) is 20.3 Å². The summed E-state index contributed by atoms with van der Waals surface area (Å²) in [6.07, 6.45) is 1.32. The molecule has 1 heterocycles. The number of aliphatic hydroxyl groups is 1. The summed E-state index contributed by atoms with van der Waals surface area (Å²) in [6, 6.07) is 0. The predicted octanol–water partition coefficient (Wildman–Crippen LogP) is 1.04. The van der Waals surface area contributed by atoms with Crippen molar-refractivity contribution in [3.8, 4) is 0 Å². The van der Waals surface area contributed by atoms with Crippen LogP contribution in [0, 0.1) is 11.8 Å². The molecule has 60 valence electrons. The van der Waals surface area contributed by atoms with Crippen LogP contribution in [0.2, 0.25) is 0 Å². The summed E-state index contributed by atoms with van der Waals surface area (Å²) in [5.74, 6) is 0.930. The molecular weight excluding hydrogens is 128 g/mol. The number of hydrogen-bond acceptors (Lipinski definition) is 2. The number of hydrogen-bond donors (Lipinski definition) is 1. The fourth-order valence-electron chi connectivity index (χ4n) is 1.59. The fraction of sp³-hybridized carbons (Fsp3) is 1.00. The number of aliphatic hydroxyl groups excluding tert-OH is 1. The van der Waals surface area contributed by atoms with Crippen LogP contribution in [-0.2, 0) is 4.74 Å². The van der Waals surface area contributed by atoms with Gasteiger partial charge in [0.05, 0.1) is 6.10 Å². The van der Waals surface area contributed by atoms with Crippen LogP contribution in [0.3, 0.4) is 0 Å². The van der Waals surface area contributed by atoms with E-state index in [9.17, 15) is 0 Å². The first-order chi connectivity index (χ1) is 4.75. The van der Waals surface area contributed by atoms with Gasteiger partial charge < -0.3 is 9.84 Å². The maximum atomic E-state index is 8.91. The lowest BCUT2D eigenvalue weighted by Crippen LogP contribution is -2.24. The van der Waals surface area contributed by atoms with Gasteiger partial charge in [-0.15, -0.1) is 0 Å². The molecule has 0 aromatic heterocycles. The molecule has 0 spiro atoms. The average molecular weight is 144 g/mol. The van der Waals surface area contributed by atoms with E-state index in [1.165, 1.54) is 0 Å². The third-order valence-electron chi connectivity index (χ3n) is 2.16. The van der Waals surface area contributed by atoms with E-state index in [1.807, 2.05) is 0 Å². The van der Waals surface area contributed by atoms with Crippen LogP contribution >= 0.6 is 0 Å². The highest BCUT2D eigenvalue weighted by Gasteiger charge is 2.29. The molecule has 1 rings (SSSR count). The summed E-state index contributed by atoms with van der Waals surface area (Å²) in [5, 5.41) is 8.91. The molecule has 1 fully saturated rings. The molecule has 0 aromatic carbocycles. The van der Waals surface area contributed by atoms with Gasteiger partial charge in [-0.05, 0) is 12.3 Å². The topological polar surface area (TPSA) is 29.5 Å². The Labute approximate surface area is 62.2 Å². The van der Waals surface area contributed by atoms with Gasteiger partial charge in [-0.3, -0.25) is 0 Å². The maximum Gasteiger partial charge on any atom is 0.0648 e. The molecule has 0 aliphatic carbocycles. The van der Waals surface area contributed by atoms with Crippen LogP contribution in [0.15, 0.2) is 0 Å². The van der Waals surface area contributed by atoms with Crippen molar-refractivity contribution >= 4 is 0 Å². The van der Waals surface area contributed by atoms with E-state index in [2.05, 4.69) is 13.8 Å². The summed E-state index contributed by atoms with van der Waals surface area (Å²) in [4.78, 5) is 0. The lowest BCUT2D eigenvalue weighted by molar-refractivity contribution is 0.0387. The molecule has 0 aromatic rings. The van der Waals surface area contributed by atoms with Gasteiger partial charge in [0.25, 0.3) is 0 Å². The van der Waals surface area contributed by atoms with Crippen molar-refractivity contribution < 1.29 is 9.84 Å². The van der Waals surface area contributed by atoms with Crippen molar-refractivity contribution in [1.82, 2.24) is 0 Å². The van der Waals surface area contributed by atoms with E-state index >= 15 is 0 Å². The van der Waals surface area contributed by atoms with E-state index in [-0.39, 0.29) is 6.61 Å². The molecule has 10 heavy (non-hydrogen) atoms. The highest BCUT2D eigenvalue weighted by atomic mass is 16.5. The Hall–Kier alpha value is -0.0800. The molecule has 2 heteroatoms. The third-order valence-corrected chi connectivity index (χ3v) is 2.16. The largest absolute Gasteiger partial charge is 0.396 e. The van der Waals surface area contributed by atoms with Crippen molar-refractivity contribution in [1.29, 1.82) is 0 Å². The van der Waals surface area contributed by atoms with Crippen LogP contribution in [0.5, 0.6) is 0 Å². The van der Waals surface area contributed by atoms with Crippen LogP contribution in [-0.4, -0.2) is 24.4 Å². The SMILES string of the molecule is CC(C)[C@H]1OCC[C@@H]1CO. The first-order valence-corrected chi connectivity index (χ1v) is 3.98. The van der Waals surface area contributed by atoms with Crippen LogP contribution in [0.4, 0.5) is 0 Å². The zero-order valence-corrected chi connectivity index (χ0v) is 6.71. The van der Waals surface area contributed by atoms with E-state index in [0.29, 0.717) is 17.9 Å². The minimum atomic E-state index is 0.281. The molecule has 1 aliphatic heterocycles. The molecule has 1 saturated heterocycles. The van der Waals surface area contributed by atoms with Gasteiger partial charge in [-0.1, -0.05) is 13.8 Å². The fourth-order valence-corrected chi connectivity index (χ4v) is 1.59. The Balaban J connectivity index is 2.42. The molecule has 0 amide bonds. The summed E-state index contributed by atoms with van der Waals surface area (Å²) in [7, 11) is 0. The monoisotopic (exact) mass is 144 g/mol. The summed E-state index contributed by atoms with van der Waals surface area (Å²) >= 11 is 0. The standard InChI is InChI=1S/C8H16O2/c1-6(2)8-7(5-9)3-4-10-8/h6-9H,3-5H2,1-2H3/t7-,8-/m1/s1.